The number of hydrogen-bond donors (Lipinski definition) is 0. The molecule has 0 aliphatic carbocycles. The van der Waals surface area contributed by atoms with Gasteiger partial charge in [-0.2, -0.15) is 0 Å². The molecule has 0 radical (unpaired) electrons. The maximum atomic E-state index is 12.3. The Balaban J connectivity index is 1.83. The van der Waals surface area contributed by atoms with Gasteiger partial charge in [0.15, 0.2) is 0 Å². The lowest BCUT2D eigenvalue weighted by molar-refractivity contribution is -0.129. The Bertz CT molecular complexity index is 583. The molecule has 0 N–H and O–H groups in total. The summed E-state index contributed by atoms with van der Waals surface area (Å²) in [6.07, 6.45) is 0. The molecule has 0 spiro atoms. The maximum Gasteiger partial charge on any atom is 0.235 e. The van der Waals surface area contributed by atoms with E-state index in [-0.39, 0.29) is 11.2 Å². The normalized spacial score (nSPS) is 12.1. The van der Waals surface area contributed by atoms with Gasteiger partial charge in [-0.25, -0.2) is 0 Å². The van der Waals surface area contributed by atoms with Gasteiger partial charge < -0.3 is 9.42 Å². The molecule has 0 saturated heterocycles. The summed E-state index contributed by atoms with van der Waals surface area (Å²) >= 11 is 1.58. The van der Waals surface area contributed by atoms with E-state index < -0.39 is 0 Å². The molecule has 21 heavy (non-hydrogen) atoms. The lowest BCUT2D eigenvalue weighted by Gasteiger charge is -2.21. The highest BCUT2D eigenvalue weighted by Gasteiger charge is 2.18. The molecule has 2 aromatic rings. The molecular formula is C16H20N2O2S. The number of nitrogens with zero attached hydrogens (tertiary/aromatic N) is 2. The zero-order valence-corrected chi connectivity index (χ0v) is 13.4. The van der Waals surface area contributed by atoms with Crippen molar-refractivity contribution in [3.8, 4) is 0 Å². The molecule has 0 aliphatic heterocycles. The Morgan fingerprint density at radius 3 is 2.71 bits per heavy atom. The fraction of sp³-hybridized carbons (Fsp3) is 0.375. The summed E-state index contributed by atoms with van der Waals surface area (Å²) in [5.41, 5.74) is 2.01. The van der Waals surface area contributed by atoms with Crippen LogP contribution in [0.25, 0.3) is 0 Å². The van der Waals surface area contributed by atoms with Crippen molar-refractivity contribution in [2.24, 2.45) is 0 Å². The Kier molecular flexibility index (Phi) is 5.44. The summed E-state index contributed by atoms with van der Waals surface area (Å²) in [6.45, 7) is 4.43. The van der Waals surface area contributed by atoms with E-state index in [0.717, 1.165) is 17.0 Å². The van der Waals surface area contributed by atoms with Crippen LogP contribution < -0.4 is 0 Å². The van der Waals surface area contributed by atoms with Crippen molar-refractivity contribution in [1.82, 2.24) is 10.1 Å². The summed E-state index contributed by atoms with van der Waals surface area (Å²) in [6, 6.07) is 11.9. The number of carbonyl (C=O) groups is 1. The fourth-order valence-corrected chi connectivity index (χ4v) is 2.89. The van der Waals surface area contributed by atoms with Gasteiger partial charge in [0.05, 0.1) is 10.9 Å². The first-order chi connectivity index (χ1) is 10.1. The topological polar surface area (TPSA) is 46.3 Å². The van der Waals surface area contributed by atoms with Gasteiger partial charge in [0.1, 0.15) is 5.76 Å². The van der Waals surface area contributed by atoms with E-state index >= 15 is 0 Å². The second kappa shape index (κ2) is 7.31. The van der Waals surface area contributed by atoms with Crippen molar-refractivity contribution < 1.29 is 9.32 Å². The van der Waals surface area contributed by atoms with Crippen molar-refractivity contribution in [3.05, 3.63) is 53.4 Å². The number of aryl methyl sites for hydroxylation is 1. The van der Waals surface area contributed by atoms with Crippen molar-refractivity contribution >= 4 is 17.7 Å². The minimum atomic E-state index is -0.101. The summed E-state index contributed by atoms with van der Waals surface area (Å²) in [4.78, 5) is 14.1. The summed E-state index contributed by atoms with van der Waals surface area (Å²) in [7, 11) is 1.84. The van der Waals surface area contributed by atoms with Crippen molar-refractivity contribution in [1.29, 1.82) is 0 Å². The Morgan fingerprint density at radius 2 is 2.10 bits per heavy atom. The predicted molar refractivity (Wildman–Crippen MR) is 84.9 cm³/mol. The first-order valence-electron chi connectivity index (χ1n) is 6.89. The molecule has 4 nitrogen and oxygen atoms in total. The monoisotopic (exact) mass is 304 g/mol. The van der Waals surface area contributed by atoms with E-state index in [9.17, 15) is 4.79 Å². The SMILES string of the molecule is Cc1cc(CS[C@H](C)C(=O)N(C)Cc2ccccc2)no1. The molecular weight excluding hydrogens is 284 g/mol. The van der Waals surface area contributed by atoms with E-state index in [1.165, 1.54) is 0 Å². The molecule has 0 fully saturated rings. The largest absolute Gasteiger partial charge is 0.361 e. The van der Waals surface area contributed by atoms with E-state index in [4.69, 9.17) is 4.52 Å². The molecule has 112 valence electrons. The number of rotatable bonds is 6. The fourth-order valence-electron chi connectivity index (χ4n) is 2.01. The zero-order valence-electron chi connectivity index (χ0n) is 12.6. The number of hydrogen-bond acceptors (Lipinski definition) is 4. The zero-order chi connectivity index (χ0) is 15.2. The average molecular weight is 304 g/mol. The van der Waals surface area contributed by atoms with Crippen LogP contribution in [-0.4, -0.2) is 28.3 Å². The van der Waals surface area contributed by atoms with Crippen LogP contribution >= 0.6 is 11.8 Å². The van der Waals surface area contributed by atoms with Gasteiger partial charge in [0.2, 0.25) is 5.91 Å². The minimum absolute atomic E-state index is 0.101. The van der Waals surface area contributed by atoms with Crippen LogP contribution in [0.3, 0.4) is 0 Å². The first kappa shape index (κ1) is 15.6. The standard InChI is InChI=1S/C16H20N2O2S/c1-12-9-15(17-20-12)11-21-13(2)16(19)18(3)10-14-7-5-4-6-8-14/h4-9,13H,10-11H2,1-3H3/t13-/m1/s1. The quantitative estimate of drug-likeness (QED) is 0.822. The molecule has 1 aromatic heterocycles. The van der Waals surface area contributed by atoms with Crippen molar-refractivity contribution in [2.75, 3.05) is 7.05 Å². The highest BCUT2D eigenvalue weighted by Crippen LogP contribution is 2.19. The predicted octanol–water partition coefficient (Wildman–Crippen LogP) is 3.26. The van der Waals surface area contributed by atoms with Gasteiger partial charge in [-0.3, -0.25) is 4.79 Å². The van der Waals surface area contributed by atoms with Crippen LogP contribution in [0.2, 0.25) is 0 Å². The third-order valence-electron chi connectivity index (χ3n) is 3.14. The summed E-state index contributed by atoms with van der Waals surface area (Å²) in [5.74, 6) is 1.61. The first-order valence-corrected chi connectivity index (χ1v) is 7.94. The number of benzene rings is 1. The molecule has 2 rings (SSSR count). The molecule has 1 atom stereocenters. The number of amides is 1. The third kappa shape index (κ3) is 4.63. The van der Waals surface area contributed by atoms with E-state index in [1.54, 1.807) is 16.7 Å². The van der Waals surface area contributed by atoms with E-state index in [0.29, 0.717) is 12.3 Å². The third-order valence-corrected chi connectivity index (χ3v) is 4.31. The smallest absolute Gasteiger partial charge is 0.235 e. The van der Waals surface area contributed by atoms with Crippen LogP contribution in [0.15, 0.2) is 40.9 Å². The molecule has 5 heteroatoms. The Morgan fingerprint density at radius 1 is 1.38 bits per heavy atom. The highest BCUT2D eigenvalue weighted by molar-refractivity contribution is 7.99. The van der Waals surface area contributed by atoms with Crippen LogP contribution in [-0.2, 0) is 17.1 Å². The summed E-state index contributed by atoms with van der Waals surface area (Å²) in [5, 5.41) is 3.84. The second-order valence-electron chi connectivity index (χ2n) is 5.06. The van der Waals surface area contributed by atoms with Crippen molar-refractivity contribution in [2.45, 2.75) is 31.4 Å². The van der Waals surface area contributed by atoms with Gasteiger partial charge in [-0.05, 0) is 19.4 Å². The second-order valence-corrected chi connectivity index (χ2v) is 6.39. The van der Waals surface area contributed by atoms with E-state index in [2.05, 4.69) is 5.16 Å². The van der Waals surface area contributed by atoms with Gasteiger partial charge >= 0.3 is 0 Å². The van der Waals surface area contributed by atoms with Gasteiger partial charge in [-0.1, -0.05) is 35.5 Å². The number of aromatic nitrogens is 1. The van der Waals surface area contributed by atoms with Gasteiger partial charge in [0.25, 0.3) is 0 Å². The Labute approximate surface area is 129 Å². The number of carbonyl (C=O) groups excluding carboxylic acids is 1. The average Bonchev–Trinajstić information content (AvgIpc) is 2.90. The molecule has 0 unspecified atom stereocenters. The molecule has 1 heterocycles. The van der Waals surface area contributed by atoms with Crippen LogP contribution in [0.1, 0.15) is 23.9 Å². The molecule has 1 aromatic carbocycles. The van der Waals surface area contributed by atoms with E-state index in [1.807, 2.05) is 57.3 Å². The molecule has 0 bridgehead atoms. The number of thioether (sulfide) groups is 1. The van der Waals surface area contributed by atoms with Gasteiger partial charge in [-0.15, -0.1) is 11.8 Å². The van der Waals surface area contributed by atoms with Crippen LogP contribution in [0, 0.1) is 6.92 Å². The maximum absolute atomic E-state index is 12.3. The van der Waals surface area contributed by atoms with Gasteiger partial charge in [0, 0.05) is 25.4 Å². The van der Waals surface area contributed by atoms with Crippen LogP contribution in [0.4, 0.5) is 0 Å². The lowest BCUT2D eigenvalue weighted by atomic mass is 10.2. The molecule has 0 aliphatic rings. The van der Waals surface area contributed by atoms with Crippen LogP contribution in [0.5, 0.6) is 0 Å². The lowest BCUT2D eigenvalue weighted by Crippen LogP contribution is -2.32. The molecule has 0 saturated carbocycles. The minimum Gasteiger partial charge on any atom is -0.361 e. The van der Waals surface area contributed by atoms with Crippen molar-refractivity contribution in [3.63, 3.8) is 0 Å². The highest BCUT2D eigenvalue weighted by atomic mass is 32.2. The molecule has 1 amide bonds. The summed E-state index contributed by atoms with van der Waals surface area (Å²) < 4.78 is 5.03. The Hall–Kier alpha value is -1.75.